The number of benzene rings is 2. The molecule has 2 aromatic carbocycles. The SMILES string of the molecule is COc1ccc(OC)c2c1CN(C(=O)c1cc(N)ccc1C)CC2O.Cl. The van der Waals surface area contributed by atoms with Gasteiger partial charge in [-0.15, -0.1) is 12.4 Å². The highest BCUT2D eigenvalue weighted by Gasteiger charge is 2.32. The Hall–Kier alpha value is -2.44. The molecule has 0 radical (unpaired) electrons. The number of halogens is 1. The van der Waals surface area contributed by atoms with E-state index in [1.807, 2.05) is 13.0 Å². The highest BCUT2D eigenvalue weighted by atomic mass is 35.5. The zero-order chi connectivity index (χ0) is 18.1. The first kappa shape index (κ1) is 19.9. The summed E-state index contributed by atoms with van der Waals surface area (Å²) in [5.41, 5.74) is 9.18. The highest BCUT2D eigenvalue weighted by molar-refractivity contribution is 5.96. The number of carbonyl (C=O) groups is 1. The van der Waals surface area contributed by atoms with Crippen LogP contribution in [0.5, 0.6) is 11.5 Å². The molecule has 0 aliphatic carbocycles. The Balaban J connectivity index is 0.00000243. The second-order valence-corrected chi connectivity index (χ2v) is 6.14. The van der Waals surface area contributed by atoms with E-state index in [-0.39, 0.29) is 24.9 Å². The van der Waals surface area contributed by atoms with E-state index in [9.17, 15) is 9.90 Å². The summed E-state index contributed by atoms with van der Waals surface area (Å²) in [7, 11) is 3.12. The second-order valence-electron chi connectivity index (χ2n) is 6.14. The van der Waals surface area contributed by atoms with Crippen LogP contribution in [0.4, 0.5) is 5.69 Å². The van der Waals surface area contributed by atoms with Gasteiger partial charge in [-0.05, 0) is 36.8 Å². The van der Waals surface area contributed by atoms with Gasteiger partial charge >= 0.3 is 0 Å². The van der Waals surface area contributed by atoms with Crippen LogP contribution in [-0.2, 0) is 6.54 Å². The third-order valence-corrected chi connectivity index (χ3v) is 4.57. The van der Waals surface area contributed by atoms with Crippen molar-refractivity contribution in [2.24, 2.45) is 0 Å². The number of amides is 1. The normalized spacial score (nSPS) is 15.7. The Bertz CT molecular complexity index is 825. The maximum atomic E-state index is 13.0. The number of nitrogens with two attached hydrogens (primary N) is 1. The van der Waals surface area contributed by atoms with Crippen molar-refractivity contribution in [3.05, 3.63) is 52.6 Å². The minimum absolute atomic E-state index is 0. The maximum absolute atomic E-state index is 13.0. The van der Waals surface area contributed by atoms with Crippen LogP contribution >= 0.6 is 12.4 Å². The van der Waals surface area contributed by atoms with E-state index in [1.54, 1.807) is 43.4 Å². The fraction of sp³-hybridized carbons (Fsp3) is 0.316. The second kappa shape index (κ2) is 7.85. The number of β-amino-alcohol motifs (C(OH)–C–C–N with tert-alkyl or cyclic N) is 1. The number of carbonyl (C=O) groups excluding carboxylic acids is 1. The summed E-state index contributed by atoms with van der Waals surface area (Å²) >= 11 is 0. The number of hydrogen-bond acceptors (Lipinski definition) is 5. The summed E-state index contributed by atoms with van der Waals surface area (Å²) in [5.74, 6) is 1.05. The summed E-state index contributed by atoms with van der Waals surface area (Å²) in [6.45, 7) is 2.38. The summed E-state index contributed by atoms with van der Waals surface area (Å²) in [4.78, 5) is 14.6. The van der Waals surface area contributed by atoms with Crippen LogP contribution in [0, 0.1) is 6.92 Å². The van der Waals surface area contributed by atoms with Crippen molar-refractivity contribution < 1.29 is 19.4 Å². The van der Waals surface area contributed by atoms with Gasteiger partial charge in [-0.1, -0.05) is 6.07 Å². The fourth-order valence-corrected chi connectivity index (χ4v) is 3.27. The molecule has 3 rings (SSSR count). The van der Waals surface area contributed by atoms with Gasteiger partial charge in [0.15, 0.2) is 0 Å². The number of aliphatic hydroxyl groups is 1. The van der Waals surface area contributed by atoms with Crippen molar-refractivity contribution >= 4 is 24.0 Å². The lowest BCUT2D eigenvalue weighted by Crippen LogP contribution is -2.39. The quantitative estimate of drug-likeness (QED) is 0.802. The lowest BCUT2D eigenvalue weighted by Gasteiger charge is -2.34. The minimum Gasteiger partial charge on any atom is -0.496 e. The van der Waals surface area contributed by atoms with E-state index in [2.05, 4.69) is 0 Å². The number of fused-ring (bicyclic) bond motifs is 1. The number of nitrogen functional groups attached to an aromatic ring is 1. The van der Waals surface area contributed by atoms with Crippen LogP contribution in [-0.4, -0.2) is 36.7 Å². The van der Waals surface area contributed by atoms with Crippen molar-refractivity contribution in [2.75, 3.05) is 26.5 Å². The molecule has 1 amide bonds. The smallest absolute Gasteiger partial charge is 0.254 e. The van der Waals surface area contributed by atoms with Crippen LogP contribution in [0.2, 0.25) is 0 Å². The summed E-state index contributed by atoms with van der Waals surface area (Å²) < 4.78 is 10.8. The van der Waals surface area contributed by atoms with E-state index in [1.165, 1.54) is 0 Å². The van der Waals surface area contributed by atoms with Crippen LogP contribution in [0.25, 0.3) is 0 Å². The maximum Gasteiger partial charge on any atom is 0.254 e. The molecule has 2 aromatic rings. The monoisotopic (exact) mass is 378 g/mol. The third-order valence-electron chi connectivity index (χ3n) is 4.57. The number of aryl methyl sites for hydroxylation is 1. The van der Waals surface area contributed by atoms with E-state index >= 15 is 0 Å². The van der Waals surface area contributed by atoms with E-state index in [0.29, 0.717) is 34.9 Å². The number of hydrogen-bond donors (Lipinski definition) is 2. The molecule has 0 saturated carbocycles. The predicted molar refractivity (Wildman–Crippen MR) is 102 cm³/mol. The van der Waals surface area contributed by atoms with Gasteiger partial charge in [0, 0.05) is 22.4 Å². The molecule has 1 aliphatic rings. The largest absolute Gasteiger partial charge is 0.496 e. The molecule has 0 aromatic heterocycles. The van der Waals surface area contributed by atoms with Gasteiger partial charge in [0.25, 0.3) is 5.91 Å². The first-order chi connectivity index (χ1) is 12.0. The highest BCUT2D eigenvalue weighted by Crippen LogP contribution is 2.39. The molecule has 140 valence electrons. The van der Waals surface area contributed by atoms with E-state index < -0.39 is 6.10 Å². The molecule has 0 saturated heterocycles. The molecule has 26 heavy (non-hydrogen) atoms. The number of anilines is 1. The standard InChI is InChI=1S/C19H22N2O4.ClH/c1-11-4-5-12(20)8-13(11)19(23)21-9-14-16(24-2)6-7-17(25-3)18(14)15(22)10-21;/h4-8,15,22H,9-10,20H2,1-3H3;1H. The van der Waals surface area contributed by atoms with Crippen molar-refractivity contribution in [3.63, 3.8) is 0 Å². The van der Waals surface area contributed by atoms with Gasteiger partial charge < -0.3 is 25.2 Å². The molecule has 1 aliphatic heterocycles. The molecule has 3 N–H and O–H groups in total. The summed E-state index contributed by atoms with van der Waals surface area (Å²) in [6, 6.07) is 8.80. The van der Waals surface area contributed by atoms with Crippen LogP contribution in [0.1, 0.15) is 33.2 Å². The Morgan fingerprint density at radius 3 is 2.50 bits per heavy atom. The summed E-state index contributed by atoms with van der Waals surface area (Å²) in [5, 5.41) is 10.6. The van der Waals surface area contributed by atoms with Gasteiger partial charge in [0.2, 0.25) is 0 Å². The number of methoxy groups -OCH3 is 2. The van der Waals surface area contributed by atoms with Crippen molar-refractivity contribution in [1.29, 1.82) is 0 Å². The molecule has 0 spiro atoms. The molecule has 6 nitrogen and oxygen atoms in total. The number of nitrogens with zero attached hydrogens (tertiary/aromatic N) is 1. The average Bonchev–Trinajstić information content (AvgIpc) is 2.62. The zero-order valence-corrected chi connectivity index (χ0v) is 15.8. The minimum atomic E-state index is -0.848. The zero-order valence-electron chi connectivity index (χ0n) is 15.0. The molecule has 7 heteroatoms. The lowest BCUT2D eigenvalue weighted by atomic mass is 9.94. The summed E-state index contributed by atoms with van der Waals surface area (Å²) in [6.07, 6.45) is -0.848. The van der Waals surface area contributed by atoms with Crippen LogP contribution in [0.15, 0.2) is 30.3 Å². The Morgan fingerprint density at radius 2 is 1.85 bits per heavy atom. The van der Waals surface area contributed by atoms with E-state index in [0.717, 1.165) is 11.1 Å². The average molecular weight is 379 g/mol. The van der Waals surface area contributed by atoms with Crippen molar-refractivity contribution in [2.45, 2.75) is 19.6 Å². The molecule has 0 bridgehead atoms. The van der Waals surface area contributed by atoms with Crippen molar-refractivity contribution in [1.82, 2.24) is 4.90 Å². The van der Waals surface area contributed by atoms with Gasteiger partial charge in [-0.25, -0.2) is 0 Å². The van der Waals surface area contributed by atoms with E-state index in [4.69, 9.17) is 15.2 Å². The van der Waals surface area contributed by atoms with Gasteiger partial charge in [-0.3, -0.25) is 4.79 Å². The molecule has 1 atom stereocenters. The first-order valence-electron chi connectivity index (χ1n) is 8.03. The van der Waals surface area contributed by atoms with Crippen LogP contribution < -0.4 is 15.2 Å². The number of ether oxygens (including phenoxy) is 2. The fourth-order valence-electron chi connectivity index (χ4n) is 3.27. The van der Waals surface area contributed by atoms with Gasteiger partial charge in [-0.2, -0.15) is 0 Å². The Kier molecular flexibility index (Phi) is 6.00. The predicted octanol–water partition coefficient (Wildman–Crippen LogP) is 2.71. The third kappa shape index (κ3) is 3.43. The Labute approximate surface area is 158 Å². The molecule has 0 fully saturated rings. The topological polar surface area (TPSA) is 85.0 Å². The van der Waals surface area contributed by atoms with Gasteiger partial charge in [0.1, 0.15) is 17.6 Å². The molecular weight excluding hydrogens is 356 g/mol. The number of aliphatic hydroxyl groups excluding tert-OH is 1. The Morgan fingerprint density at radius 1 is 1.19 bits per heavy atom. The van der Waals surface area contributed by atoms with Gasteiger partial charge in [0.05, 0.1) is 27.3 Å². The lowest BCUT2D eigenvalue weighted by molar-refractivity contribution is 0.0538. The molecule has 1 heterocycles. The first-order valence-corrected chi connectivity index (χ1v) is 8.03. The van der Waals surface area contributed by atoms with Crippen LogP contribution in [0.3, 0.4) is 0 Å². The van der Waals surface area contributed by atoms with Crippen molar-refractivity contribution in [3.8, 4) is 11.5 Å². The molecule has 1 unspecified atom stereocenters. The number of rotatable bonds is 3. The molecular formula is C19H23ClN2O4.